The molecule has 3 aromatic carbocycles. The van der Waals surface area contributed by atoms with Crippen LogP contribution in [0, 0.1) is 12.7 Å². The summed E-state index contributed by atoms with van der Waals surface area (Å²) in [4.78, 5) is 12.0. The van der Waals surface area contributed by atoms with Crippen LogP contribution in [-0.2, 0) is 14.8 Å². The van der Waals surface area contributed by atoms with Crippen molar-refractivity contribution in [2.75, 3.05) is 16.6 Å². The molecule has 0 atom stereocenters. The van der Waals surface area contributed by atoms with Gasteiger partial charge in [-0.15, -0.1) is 0 Å². The van der Waals surface area contributed by atoms with Gasteiger partial charge in [0.05, 0.1) is 10.6 Å². The Morgan fingerprint density at radius 3 is 2.43 bits per heavy atom. The number of rotatable bonds is 7. The first kappa shape index (κ1) is 21.6. The maximum Gasteiger partial charge on any atom is 0.262 e. The Morgan fingerprint density at radius 1 is 1.03 bits per heavy atom. The van der Waals surface area contributed by atoms with Crippen LogP contribution in [0.15, 0.2) is 71.6 Å². The molecular formula is C21H18ClFN2O4S. The third kappa shape index (κ3) is 5.28. The molecule has 3 rings (SSSR count). The minimum Gasteiger partial charge on any atom is -0.481 e. The largest absolute Gasteiger partial charge is 0.481 e. The summed E-state index contributed by atoms with van der Waals surface area (Å²) < 4.78 is 46.3. The number of carbonyl (C=O) groups is 1. The standard InChI is InChI=1S/C21H18ClFN2O4S/c1-14-17(22)5-4-7-19(14)25-30(27,28)16-11-9-15(10-12-16)24-21(26)13-29-20-8-3-2-6-18(20)23/h2-12,25H,13H2,1H3,(H,24,26). The van der Waals surface area contributed by atoms with Gasteiger partial charge in [0.15, 0.2) is 18.2 Å². The van der Waals surface area contributed by atoms with Gasteiger partial charge in [0.1, 0.15) is 0 Å². The van der Waals surface area contributed by atoms with Crippen LogP contribution in [-0.4, -0.2) is 20.9 Å². The maximum absolute atomic E-state index is 13.5. The summed E-state index contributed by atoms with van der Waals surface area (Å²) in [5.74, 6) is -1.11. The van der Waals surface area contributed by atoms with E-state index in [0.717, 1.165) is 0 Å². The number of nitrogens with one attached hydrogen (secondary N) is 2. The monoisotopic (exact) mass is 448 g/mol. The second-order valence-corrected chi connectivity index (χ2v) is 8.40. The second kappa shape index (κ2) is 9.15. The zero-order valence-electron chi connectivity index (χ0n) is 15.9. The van der Waals surface area contributed by atoms with E-state index in [0.29, 0.717) is 22.0 Å². The number of sulfonamides is 1. The number of anilines is 2. The molecule has 0 saturated heterocycles. The van der Waals surface area contributed by atoms with Crippen molar-refractivity contribution in [3.05, 3.63) is 83.1 Å². The van der Waals surface area contributed by atoms with Crippen LogP contribution < -0.4 is 14.8 Å². The number of ether oxygens (including phenoxy) is 1. The lowest BCUT2D eigenvalue weighted by Gasteiger charge is -2.12. The second-order valence-electron chi connectivity index (χ2n) is 6.31. The molecule has 0 unspecified atom stereocenters. The van der Waals surface area contributed by atoms with E-state index in [2.05, 4.69) is 10.0 Å². The molecule has 0 aliphatic rings. The first-order chi connectivity index (χ1) is 14.3. The van der Waals surface area contributed by atoms with Crippen LogP contribution in [0.2, 0.25) is 5.02 Å². The molecule has 0 aliphatic carbocycles. The van der Waals surface area contributed by atoms with Gasteiger partial charge in [-0.3, -0.25) is 9.52 Å². The number of hydrogen-bond acceptors (Lipinski definition) is 4. The minimum atomic E-state index is -3.84. The average molecular weight is 449 g/mol. The Balaban J connectivity index is 1.63. The van der Waals surface area contributed by atoms with E-state index < -0.39 is 28.4 Å². The summed E-state index contributed by atoms with van der Waals surface area (Å²) in [6.45, 7) is 1.32. The van der Waals surface area contributed by atoms with Crippen molar-refractivity contribution in [3.63, 3.8) is 0 Å². The van der Waals surface area contributed by atoms with E-state index in [1.807, 2.05) is 0 Å². The Labute approximate surface area is 178 Å². The first-order valence-corrected chi connectivity index (χ1v) is 10.7. The van der Waals surface area contributed by atoms with Crippen molar-refractivity contribution in [1.29, 1.82) is 0 Å². The highest BCUT2D eigenvalue weighted by molar-refractivity contribution is 7.92. The minimum absolute atomic E-state index is 0.0162. The SMILES string of the molecule is Cc1c(Cl)cccc1NS(=O)(=O)c1ccc(NC(=O)COc2ccccc2F)cc1. The zero-order valence-corrected chi connectivity index (χ0v) is 17.4. The number of hydrogen-bond donors (Lipinski definition) is 2. The third-order valence-corrected chi connectivity index (χ3v) is 5.95. The number of para-hydroxylation sites is 1. The molecule has 0 saturated carbocycles. The van der Waals surface area contributed by atoms with E-state index in [1.165, 1.54) is 42.5 Å². The molecule has 30 heavy (non-hydrogen) atoms. The van der Waals surface area contributed by atoms with Crippen LogP contribution in [0.5, 0.6) is 5.75 Å². The Hall–Kier alpha value is -3.10. The van der Waals surface area contributed by atoms with Gasteiger partial charge in [0, 0.05) is 10.7 Å². The van der Waals surface area contributed by atoms with Gasteiger partial charge in [-0.1, -0.05) is 29.8 Å². The van der Waals surface area contributed by atoms with Gasteiger partial charge < -0.3 is 10.1 Å². The topological polar surface area (TPSA) is 84.5 Å². The Morgan fingerprint density at radius 2 is 1.73 bits per heavy atom. The van der Waals surface area contributed by atoms with Gasteiger partial charge in [0.2, 0.25) is 0 Å². The summed E-state index contributed by atoms with van der Waals surface area (Å²) in [5, 5.41) is 3.01. The molecular weight excluding hydrogens is 431 g/mol. The summed E-state index contributed by atoms with van der Waals surface area (Å²) >= 11 is 6.03. The third-order valence-electron chi connectivity index (χ3n) is 4.16. The quantitative estimate of drug-likeness (QED) is 0.553. The van der Waals surface area contributed by atoms with E-state index in [4.69, 9.17) is 16.3 Å². The predicted octanol–water partition coefficient (Wildman–Crippen LogP) is 4.61. The molecule has 6 nitrogen and oxygen atoms in total. The van der Waals surface area contributed by atoms with Crippen molar-refractivity contribution in [3.8, 4) is 5.75 Å². The summed E-state index contributed by atoms with van der Waals surface area (Å²) in [5.41, 5.74) is 1.36. The number of amides is 1. The fourth-order valence-electron chi connectivity index (χ4n) is 2.54. The fraction of sp³-hybridized carbons (Fsp3) is 0.0952. The lowest BCUT2D eigenvalue weighted by Crippen LogP contribution is -2.20. The lowest BCUT2D eigenvalue weighted by molar-refractivity contribution is -0.118. The fourth-order valence-corrected chi connectivity index (χ4v) is 3.84. The number of benzene rings is 3. The molecule has 0 spiro atoms. The summed E-state index contributed by atoms with van der Waals surface area (Å²) in [6.07, 6.45) is 0. The van der Waals surface area contributed by atoms with Crippen LogP contribution in [0.4, 0.5) is 15.8 Å². The number of halogens is 2. The van der Waals surface area contributed by atoms with Gasteiger partial charge in [0.25, 0.3) is 15.9 Å². The molecule has 0 aromatic heterocycles. The van der Waals surface area contributed by atoms with E-state index >= 15 is 0 Å². The molecule has 0 radical (unpaired) electrons. The van der Waals surface area contributed by atoms with Crippen LogP contribution in [0.3, 0.4) is 0 Å². The van der Waals surface area contributed by atoms with Crippen molar-refractivity contribution in [2.45, 2.75) is 11.8 Å². The number of carbonyl (C=O) groups excluding carboxylic acids is 1. The smallest absolute Gasteiger partial charge is 0.262 e. The van der Waals surface area contributed by atoms with E-state index in [-0.39, 0.29) is 10.6 Å². The average Bonchev–Trinajstić information content (AvgIpc) is 2.71. The molecule has 0 fully saturated rings. The van der Waals surface area contributed by atoms with Crippen LogP contribution >= 0.6 is 11.6 Å². The van der Waals surface area contributed by atoms with Gasteiger partial charge in [-0.25, -0.2) is 12.8 Å². The molecule has 2 N–H and O–H groups in total. The molecule has 0 bridgehead atoms. The van der Waals surface area contributed by atoms with Crippen LogP contribution in [0.1, 0.15) is 5.56 Å². The van der Waals surface area contributed by atoms with E-state index in [1.54, 1.807) is 31.2 Å². The van der Waals surface area contributed by atoms with Crippen molar-refractivity contribution >= 4 is 38.9 Å². The van der Waals surface area contributed by atoms with E-state index in [9.17, 15) is 17.6 Å². The highest BCUT2D eigenvalue weighted by Crippen LogP contribution is 2.26. The molecule has 0 heterocycles. The Bertz CT molecular complexity index is 1170. The van der Waals surface area contributed by atoms with Crippen molar-refractivity contribution in [1.82, 2.24) is 0 Å². The maximum atomic E-state index is 13.5. The van der Waals surface area contributed by atoms with Crippen molar-refractivity contribution < 1.29 is 22.3 Å². The van der Waals surface area contributed by atoms with Gasteiger partial charge in [-0.05, 0) is 61.0 Å². The first-order valence-electron chi connectivity index (χ1n) is 8.81. The molecule has 3 aromatic rings. The van der Waals surface area contributed by atoms with Gasteiger partial charge >= 0.3 is 0 Å². The van der Waals surface area contributed by atoms with Crippen LogP contribution in [0.25, 0.3) is 0 Å². The predicted molar refractivity (Wildman–Crippen MR) is 114 cm³/mol. The summed E-state index contributed by atoms with van der Waals surface area (Å²) in [7, 11) is -3.84. The highest BCUT2D eigenvalue weighted by atomic mass is 35.5. The zero-order chi connectivity index (χ0) is 21.7. The lowest BCUT2D eigenvalue weighted by atomic mass is 10.2. The Kier molecular flexibility index (Phi) is 6.59. The normalized spacial score (nSPS) is 11.0. The highest BCUT2D eigenvalue weighted by Gasteiger charge is 2.16. The van der Waals surface area contributed by atoms with Gasteiger partial charge in [-0.2, -0.15) is 0 Å². The summed E-state index contributed by atoms with van der Waals surface area (Å²) in [6, 6.07) is 16.3. The molecule has 9 heteroatoms. The molecule has 156 valence electrons. The van der Waals surface area contributed by atoms with Crippen molar-refractivity contribution in [2.24, 2.45) is 0 Å². The molecule has 0 aliphatic heterocycles. The molecule has 1 amide bonds.